The van der Waals surface area contributed by atoms with Crippen molar-refractivity contribution in [3.63, 3.8) is 0 Å². The molecule has 9 heteroatoms. The molecule has 2 aromatic rings. The highest BCUT2D eigenvalue weighted by atomic mass is 16.6. The molecule has 0 aliphatic carbocycles. The van der Waals surface area contributed by atoms with E-state index in [0.29, 0.717) is 17.0 Å². The van der Waals surface area contributed by atoms with Crippen LogP contribution in [0, 0.1) is 10.1 Å². The van der Waals surface area contributed by atoms with Crippen LogP contribution in [0.5, 0.6) is 5.75 Å². The molecule has 2 aromatic carbocycles. The maximum absolute atomic E-state index is 12.7. The Kier molecular flexibility index (Phi) is 5.08. The van der Waals surface area contributed by atoms with Crippen molar-refractivity contribution in [1.29, 1.82) is 0 Å². The Bertz CT molecular complexity index is 987. The smallest absolute Gasteiger partial charge is 0.271 e. The average molecular weight is 383 g/mol. The second kappa shape index (κ2) is 7.47. The normalized spacial score (nSPS) is 13.9. The molecule has 1 heterocycles. The summed E-state index contributed by atoms with van der Waals surface area (Å²) in [6, 6.07) is 9.24. The number of non-ortho nitro benzene ring substituents is 1. The summed E-state index contributed by atoms with van der Waals surface area (Å²) in [7, 11) is 0. The van der Waals surface area contributed by atoms with Gasteiger partial charge in [0.05, 0.1) is 10.6 Å². The van der Waals surface area contributed by atoms with Crippen molar-refractivity contribution >= 4 is 34.7 Å². The van der Waals surface area contributed by atoms with Crippen LogP contribution in [0.25, 0.3) is 0 Å². The first kappa shape index (κ1) is 19.0. The first-order valence-electron chi connectivity index (χ1n) is 8.43. The minimum atomic E-state index is -0.934. The number of rotatable bonds is 5. The van der Waals surface area contributed by atoms with Crippen LogP contribution in [0.1, 0.15) is 24.2 Å². The molecular weight excluding hydrogens is 366 g/mol. The zero-order chi connectivity index (χ0) is 20.4. The fourth-order valence-corrected chi connectivity index (χ4v) is 2.88. The molecule has 9 nitrogen and oxygen atoms in total. The molecule has 28 heavy (non-hydrogen) atoms. The number of ketones is 1. The Morgan fingerprint density at radius 3 is 2.68 bits per heavy atom. The van der Waals surface area contributed by atoms with E-state index < -0.39 is 22.8 Å². The lowest BCUT2D eigenvalue weighted by Gasteiger charge is -2.33. The lowest BCUT2D eigenvalue weighted by molar-refractivity contribution is -0.384. The minimum absolute atomic E-state index is 0.163. The van der Waals surface area contributed by atoms with Gasteiger partial charge in [-0.2, -0.15) is 0 Å². The quantitative estimate of drug-likeness (QED) is 0.481. The Labute approximate surface area is 160 Å². The molecule has 0 fully saturated rings. The summed E-state index contributed by atoms with van der Waals surface area (Å²) in [6.07, 6.45) is 0. The van der Waals surface area contributed by atoms with Gasteiger partial charge in [-0.1, -0.05) is 6.07 Å². The number of fused-ring (bicyclic) bond motifs is 1. The van der Waals surface area contributed by atoms with E-state index in [-0.39, 0.29) is 23.8 Å². The molecule has 0 saturated carbocycles. The van der Waals surface area contributed by atoms with E-state index >= 15 is 0 Å². The van der Waals surface area contributed by atoms with Gasteiger partial charge in [-0.25, -0.2) is 0 Å². The largest absolute Gasteiger partial charge is 0.482 e. The molecule has 2 amide bonds. The number of nitrogens with one attached hydrogen (secondary N) is 1. The van der Waals surface area contributed by atoms with Gasteiger partial charge in [0.2, 0.25) is 5.91 Å². The number of Topliss-reactive ketones (excluding diaryl/α,β-unsaturated/α-hetero) is 1. The third-order valence-corrected chi connectivity index (χ3v) is 4.34. The van der Waals surface area contributed by atoms with E-state index in [1.165, 1.54) is 49.1 Å². The Balaban J connectivity index is 1.88. The van der Waals surface area contributed by atoms with Gasteiger partial charge in [-0.05, 0) is 38.1 Å². The topological polar surface area (TPSA) is 119 Å². The monoisotopic (exact) mass is 383 g/mol. The first-order valence-corrected chi connectivity index (χ1v) is 8.43. The molecule has 0 spiro atoms. The van der Waals surface area contributed by atoms with E-state index in [2.05, 4.69) is 5.32 Å². The molecular formula is C19H17N3O6. The third kappa shape index (κ3) is 3.68. The summed E-state index contributed by atoms with van der Waals surface area (Å²) in [4.78, 5) is 48.4. The number of nitro groups is 1. The van der Waals surface area contributed by atoms with Crippen molar-refractivity contribution in [2.24, 2.45) is 0 Å². The maximum Gasteiger partial charge on any atom is 0.271 e. The molecule has 1 N–H and O–H groups in total. The highest BCUT2D eigenvalue weighted by Crippen LogP contribution is 2.34. The van der Waals surface area contributed by atoms with Crippen LogP contribution >= 0.6 is 0 Å². The van der Waals surface area contributed by atoms with Crippen LogP contribution in [0.4, 0.5) is 17.1 Å². The number of hydrogen-bond acceptors (Lipinski definition) is 6. The number of nitrogens with zero attached hydrogens (tertiary/aromatic N) is 2. The van der Waals surface area contributed by atoms with E-state index in [9.17, 15) is 24.5 Å². The average Bonchev–Trinajstić information content (AvgIpc) is 2.67. The highest BCUT2D eigenvalue weighted by Gasteiger charge is 2.33. The van der Waals surface area contributed by atoms with Crippen LogP contribution in [0.2, 0.25) is 0 Å². The van der Waals surface area contributed by atoms with Gasteiger partial charge < -0.3 is 10.1 Å². The summed E-state index contributed by atoms with van der Waals surface area (Å²) >= 11 is 0. The van der Waals surface area contributed by atoms with Gasteiger partial charge in [0, 0.05) is 23.4 Å². The molecule has 0 bridgehead atoms. The minimum Gasteiger partial charge on any atom is -0.482 e. The summed E-state index contributed by atoms with van der Waals surface area (Å²) in [6.45, 7) is 2.69. The SMILES string of the molecule is CC(=O)c1ccc2c(c1)N(C(C)C(=O)Nc1cccc([N+](=O)[O-])c1)C(=O)CO2. The lowest BCUT2D eigenvalue weighted by atomic mass is 10.1. The van der Waals surface area contributed by atoms with Crippen LogP contribution in [-0.2, 0) is 9.59 Å². The van der Waals surface area contributed by atoms with Gasteiger partial charge in [0.15, 0.2) is 12.4 Å². The standard InChI is InChI=1S/C19H17N3O6/c1-11(19(25)20-14-4-3-5-15(9-14)22(26)27)21-16-8-13(12(2)23)6-7-17(16)28-10-18(21)24/h3-9,11H,10H2,1-2H3,(H,20,25). The zero-order valence-electron chi connectivity index (χ0n) is 15.2. The number of nitro benzene ring substituents is 1. The second-order valence-electron chi connectivity index (χ2n) is 6.26. The molecule has 1 unspecified atom stereocenters. The predicted molar refractivity (Wildman–Crippen MR) is 101 cm³/mol. The van der Waals surface area contributed by atoms with Crippen molar-refractivity contribution in [2.75, 3.05) is 16.8 Å². The van der Waals surface area contributed by atoms with Crippen molar-refractivity contribution in [2.45, 2.75) is 19.9 Å². The van der Waals surface area contributed by atoms with Crippen molar-refractivity contribution in [3.8, 4) is 5.75 Å². The summed E-state index contributed by atoms with van der Waals surface area (Å²) in [5.74, 6) is -0.765. The van der Waals surface area contributed by atoms with Crippen molar-refractivity contribution < 1.29 is 24.0 Å². The molecule has 0 radical (unpaired) electrons. The van der Waals surface area contributed by atoms with Gasteiger partial charge in [0.1, 0.15) is 11.8 Å². The van der Waals surface area contributed by atoms with Crippen LogP contribution in [-0.4, -0.2) is 35.2 Å². The van der Waals surface area contributed by atoms with Gasteiger partial charge >= 0.3 is 0 Å². The number of anilines is 2. The Hall–Kier alpha value is -3.75. The third-order valence-electron chi connectivity index (χ3n) is 4.34. The van der Waals surface area contributed by atoms with E-state index in [0.717, 1.165) is 0 Å². The maximum atomic E-state index is 12.7. The van der Waals surface area contributed by atoms with E-state index in [1.54, 1.807) is 12.1 Å². The summed E-state index contributed by atoms with van der Waals surface area (Å²) < 4.78 is 5.38. The first-order chi connectivity index (χ1) is 13.3. The second-order valence-corrected chi connectivity index (χ2v) is 6.26. The van der Waals surface area contributed by atoms with E-state index in [4.69, 9.17) is 4.74 Å². The molecule has 144 valence electrons. The van der Waals surface area contributed by atoms with E-state index in [1.807, 2.05) is 0 Å². The molecule has 1 aliphatic rings. The number of carbonyl (C=O) groups excluding carboxylic acids is 3. The number of carbonyl (C=O) groups is 3. The van der Waals surface area contributed by atoms with Crippen LogP contribution in [0.3, 0.4) is 0 Å². The summed E-state index contributed by atoms with van der Waals surface area (Å²) in [5.41, 5.74) is 0.785. The highest BCUT2D eigenvalue weighted by molar-refractivity contribution is 6.08. The van der Waals surface area contributed by atoms with Gasteiger partial charge in [0.25, 0.3) is 11.6 Å². The Morgan fingerprint density at radius 2 is 2.00 bits per heavy atom. The molecule has 1 atom stereocenters. The van der Waals surface area contributed by atoms with Crippen molar-refractivity contribution in [1.82, 2.24) is 0 Å². The molecule has 3 rings (SSSR count). The number of ether oxygens (including phenoxy) is 1. The molecule has 1 aliphatic heterocycles. The number of benzene rings is 2. The molecule has 0 saturated heterocycles. The summed E-state index contributed by atoms with van der Waals surface area (Å²) in [5, 5.41) is 13.5. The van der Waals surface area contributed by atoms with Crippen LogP contribution in [0.15, 0.2) is 42.5 Å². The molecule has 0 aromatic heterocycles. The van der Waals surface area contributed by atoms with Crippen LogP contribution < -0.4 is 15.0 Å². The number of amides is 2. The predicted octanol–water partition coefficient (Wildman–Crippen LogP) is 2.55. The van der Waals surface area contributed by atoms with Gasteiger partial charge in [-0.15, -0.1) is 0 Å². The zero-order valence-corrected chi connectivity index (χ0v) is 15.2. The fraction of sp³-hybridized carbons (Fsp3) is 0.211. The lowest BCUT2D eigenvalue weighted by Crippen LogP contribution is -2.49. The fourth-order valence-electron chi connectivity index (χ4n) is 2.88. The van der Waals surface area contributed by atoms with Crippen molar-refractivity contribution in [3.05, 3.63) is 58.1 Å². The van der Waals surface area contributed by atoms with Gasteiger partial charge in [-0.3, -0.25) is 29.4 Å². The number of hydrogen-bond donors (Lipinski definition) is 1. The Morgan fingerprint density at radius 1 is 1.25 bits per heavy atom.